The molecule has 2 unspecified atom stereocenters. The molecule has 0 radical (unpaired) electrons. The number of nitrogens with one attached hydrogen (secondary N) is 1. The summed E-state index contributed by atoms with van der Waals surface area (Å²) in [5.74, 6) is -0.775. The van der Waals surface area contributed by atoms with E-state index in [1.165, 1.54) is 0 Å². The van der Waals surface area contributed by atoms with Crippen LogP contribution in [0, 0.1) is 0 Å². The second kappa shape index (κ2) is 3.75. The number of hydrogen-bond donors (Lipinski definition) is 2. The normalized spacial score (nSPS) is 26.3. The maximum Gasteiger partial charge on any atom is 0.320 e. The summed E-state index contributed by atoms with van der Waals surface area (Å²) in [5, 5.41) is 11.8. The Kier molecular flexibility index (Phi) is 2.45. The maximum absolute atomic E-state index is 10.7. The number of nitrogens with zero attached hydrogens (tertiary/aromatic N) is 1. The smallest absolute Gasteiger partial charge is 0.320 e. The van der Waals surface area contributed by atoms with Crippen molar-refractivity contribution in [3.05, 3.63) is 30.1 Å². The van der Waals surface area contributed by atoms with E-state index in [4.69, 9.17) is 5.11 Å². The molecule has 0 aliphatic carbocycles. The first-order valence-corrected chi connectivity index (χ1v) is 4.67. The molecular weight excluding hydrogens is 180 g/mol. The zero-order valence-electron chi connectivity index (χ0n) is 7.68. The third-order valence-electron chi connectivity index (χ3n) is 2.49. The van der Waals surface area contributed by atoms with Crippen LogP contribution in [0.3, 0.4) is 0 Å². The van der Waals surface area contributed by atoms with Gasteiger partial charge in [0.1, 0.15) is 6.04 Å². The quantitative estimate of drug-likeness (QED) is 0.732. The van der Waals surface area contributed by atoms with Gasteiger partial charge < -0.3 is 5.11 Å². The van der Waals surface area contributed by atoms with Crippen LogP contribution in [0.15, 0.2) is 24.4 Å². The topological polar surface area (TPSA) is 62.2 Å². The molecule has 4 nitrogen and oxygen atoms in total. The minimum Gasteiger partial charge on any atom is -0.480 e. The highest BCUT2D eigenvalue weighted by Gasteiger charge is 2.29. The van der Waals surface area contributed by atoms with Crippen molar-refractivity contribution in [1.82, 2.24) is 10.3 Å². The predicted molar refractivity (Wildman–Crippen MR) is 50.8 cm³/mol. The fraction of sp³-hybridized carbons (Fsp3) is 0.400. The summed E-state index contributed by atoms with van der Waals surface area (Å²) < 4.78 is 0. The molecule has 0 amide bonds. The molecule has 0 spiro atoms. The van der Waals surface area contributed by atoms with Gasteiger partial charge in [0.2, 0.25) is 0 Å². The molecule has 14 heavy (non-hydrogen) atoms. The lowest BCUT2D eigenvalue weighted by Crippen LogP contribution is -2.32. The molecule has 4 heteroatoms. The van der Waals surface area contributed by atoms with Crippen LogP contribution in [0.25, 0.3) is 0 Å². The maximum atomic E-state index is 10.7. The molecule has 1 aromatic heterocycles. The third-order valence-corrected chi connectivity index (χ3v) is 2.49. The van der Waals surface area contributed by atoms with E-state index in [-0.39, 0.29) is 6.04 Å². The fourth-order valence-electron chi connectivity index (χ4n) is 1.75. The lowest BCUT2D eigenvalue weighted by Gasteiger charge is -2.10. The SMILES string of the molecule is O=C(O)C1CCC(c2ccccn2)N1. The van der Waals surface area contributed by atoms with E-state index in [0.29, 0.717) is 6.42 Å². The number of aromatic nitrogens is 1. The molecule has 1 fully saturated rings. The number of aliphatic carboxylic acids is 1. The van der Waals surface area contributed by atoms with Crippen molar-refractivity contribution in [2.24, 2.45) is 0 Å². The summed E-state index contributed by atoms with van der Waals surface area (Å²) in [6, 6.07) is 5.37. The summed E-state index contributed by atoms with van der Waals surface area (Å²) in [6.07, 6.45) is 3.25. The van der Waals surface area contributed by atoms with Gasteiger partial charge in [-0.3, -0.25) is 15.1 Å². The van der Waals surface area contributed by atoms with E-state index in [1.807, 2.05) is 18.2 Å². The van der Waals surface area contributed by atoms with E-state index in [1.54, 1.807) is 6.20 Å². The summed E-state index contributed by atoms with van der Waals surface area (Å²) in [5.41, 5.74) is 0.927. The molecular formula is C10H12N2O2. The number of pyridine rings is 1. The highest BCUT2D eigenvalue weighted by molar-refractivity contribution is 5.73. The lowest BCUT2D eigenvalue weighted by molar-refractivity contribution is -0.139. The highest BCUT2D eigenvalue weighted by Crippen LogP contribution is 2.24. The molecule has 0 bridgehead atoms. The molecule has 1 aliphatic heterocycles. The van der Waals surface area contributed by atoms with Gasteiger partial charge in [-0.05, 0) is 25.0 Å². The fourth-order valence-corrected chi connectivity index (χ4v) is 1.75. The van der Waals surface area contributed by atoms with Crippen molar-refractivity contribution in [1.29, 1.82) is 0 Å². The summed E-state index contributed by atoms with van der Waals surface area (Å²) in [7, 11) is 0. The molecule has 1 saturated heterocycles. The molecule has 2 atom stereocenters. The van der Waals surface area contributed by atoms with Crippen molar-refractivity contribution in [3.63, 3.8) is 0 Å². The van der Waals surface area contributed by atoms with Gasteiger partial charge >= 0.3 is 5.97 Å². The van der Waals surface area contributed by atoms with Crippen molar-refractivity contribution in [2.75, 3.05) is 0 Å². The van der Waals surface area contributed by atoms with Crippen molar-refractivity contribution < 1.29 is 9.90 Å². The zero-order valence-corrected chi connectivity index (χ0v) is 7.68. The van der Waals surface area contributed by atoms with Gasteiger partial charge in [-0.15, -0.1) is 0 Å². The molecule has 2 rings (SSSR count). The van der Waals surface area contributed by atoms with Crippen LogP contribution in [-0.2, 0) is 4.79 Å². The number of carbonyl (C=O) groups is 1. The zero-order chi connectivity index (χ0) is 9.97. The summed E-state index contributed by atoms with van der Waals surface area (Å²) >= 11 is 0. The molecule has 2 heterocycles. The molecule has 0 aromatic carbocycles. The Bertz CT molecular complexity index is 326. The molecule has 0 saturated carbocycles. The first kappa shape index (κ1) is 9.15. The Labute approximate surface area is 82.0 Å². The van der Waals surface area contributed by atoms with Gasteiger partial charge in [-0.2, -0.15) is 0 Å². The van der Waals surface area contributed by atoms with Gasteiger partial charge in [0, 0.05) is 6.20 Å². The summed E-state index contributed by atoms with van der Waals surface area (Å²) in [4.78, 5) is 14.9. The van der Waals surface area contributed by atoms with Crippen molar-refractivity contribution in [2.45, 2.75) is 24.9 Å². The van der Waals surface area contributed by atoms with Crippen LogP contribution in [0.4, 0.5) is 0 Å². The Morgan fingerprint density at radius 3 is 2.93 bits per heavy atom. The average Bonchev–Trinajstić information content (AvgIpc) is 2.68. The Hall–Kier alpha value is -1.42. The summed E-state index contributed by atoms with van der Waals surface area (Å²) in [6.45, 7) is 0. The van der Waals surface area contributed by atoms with Crippen LogP contribution >= 0.6 is 0 Å². The van der Waals surface area contributed by atoms with Gasteiger partial charge in [0.15, 0.2) is 0 Å². The monoisotopic (exact) mass is 192 g/mol. The minimum atomic E-state index is -0.775. The Morgan fingerprint density at radius 2 is 2.36 bits per heavy atom. The van der Waals surface area contributed by atoms with Crippen molar-refractivity contribution >= 4 is 5.97 Å². The average molecular weight is 192 g/mol. The predicted octanol–water partition coefficient (Wildman–Crippen LogP) is 0.959. The van der Waals surface area contributed by atoms with Gasteiger partial charge in [-0.25, -0.2) is 0 Å². The van der Waals surface area contributed by atoms with Crippen LogP contribution in [0.2, 0.25) is 0 Å². The van der Waals surface area contributed by atoms with Crippen LogP contribution in [0.5, 0.6) is 0 Å². The second-order valence-electron chi connectivity index (χ2n) is 3.44. The van der Waals surface area contributed by atoms with E-state index in [9.17, 15) is 4.79 Å². The van der Waals surface area contributed by atoms with Gasteiger partial charge in [0.25, 0.3) is 0 Å². The highest BCUT2D eigenvalue weighted by atomic mass is 16.4. The van der Waals surface area contributed by atoms with Gasteiger partial charge in [0.05, 0.1) is 11.7 Å². The molecule has 74 valence electrons. The number of carboxylic acids is 1. The van der Waals surface area contributed by atoms with Crippen LogP contribution in [0.1, 0.15) is 24.6 Å². The number of carboxylic acid groups (broad SMARTS) is 1. The number of hydrogen-bond acceptors (Lipinski definition) is 3. The van der Waals surface area contributed by atoms with Gasteiger partial charge in [-0.1, -0.05) is 6.07 Å². The largest absolute Gasteiger partial charge is 0.480 e. The Morgan fingerprint density at radius 1 is 1.50 bits per heavy atom. The van der Waals surface area contributed by atoms with Crippen molar-refractivity contribution in [3.8, 4) is 0 Å². The van der Waals surface area contributed by atoms with Crippen LogP contribution < -0.4 is 5.32 Å². The van der Waals surface area contributed by atoms with E-state index < -0.39 is 12.0 Å². The Balaban J connectivity index is 2.06. The van der Waals surface area contributed by atoms with E-state index in [0.717, 1.165) is 12.1 Å². The minimum absolute atomic E-state index is 0.0947. The van der Waals surface area contributed by atoms with Crippen LogP contribution in [-0.4, -0.2) is 22.1 Å². The standard InChI is InChI=1S/C10H12N2O2/c13-10(14)9-5-4-8(12-9)7-3-1-2-6-11-7/h1-3,6,8-9,12H,4-5H2,(H,13,14). The number of rotatable bonds is 2. The van der Waals surface area contributed by atoms with E-state index >= 15 is 0 Å². The second-order valence-corrected chi connectivity index (χ2v) is 3.44. The van der Waals surface area contributed by atoms with E-state index in [2.05, 4.69) is 10.3 Å². The molecule has 2 N–H and O–H groups in total. The third kappa shape index (κ3) is 1.75. The lowest BCUT2D eigenvalue weighted by atomic mass is 10.1. The molecule has 1 aromatic rings. The first-order valence-electron chi connectivity index (χ1n) is 4.67. The first-order chi connectivity index (χ1) is 6.77. The molecule has 1 aliphatic rings.